The molecule has 0 aliphatic carbocycles. The van der Waals surface area contributed by atoms with Crippen molar-refractivity contribution in [3.05, 3.63) is 23.4 Å². The van der Waals surface area contributed by atoms with Crippen molar-refractivity contribution in [3.63, 3.8) is 0 Å². The minimum atomic E-state index is -1.39. The Morgan fingerprint density at radius 3 is 2.73 bits per heavy atom. The molecule has 2 aliphatic rings. The Balaban J connectivity index is 1.36. The van der Waals surface area contributed by atoms with Gasteiger partial charge in [-0.05, 0) is 63.1 Å². The van der Waals surface area contributed by atoms with Crippen molar-refractivity contribution in [2.24, 2.45) is 0 Å². The first-order chi connectivity index (χ1) is 14.4. The SMILES string of the molecule is CC(=O)N[C@H](C(=O)O)C1(O)CCN(CCCCCc2ccc3c(n2)NCCC3)CC1. The molecule has 0 aromatic carbocycles. The number of aliphatic hydroxyl groups is 1. The second kappa shape index (κ2) is 10.2. The number of rotatable bonds is 9. The zero-order valence-corrected chi connectivity index (χ0v) is 17.8. The highest BCUT2D eigenvalue weighted by molar-refractivity contribution is 5.83. The molecule has 1 aromatic rings. The lowest BCUT2D eigenvalue weighted by molar-refractivity contribution is -0.153. The number of anilines is 1. The molecule has 30 heavy (non-hydrogen) atoms. The molecule has 1 aromatic heterocycles. The van der Waals surface area contributed by atoms with E-state index >= 15 is 0 Å². The number of fused-ring (bicyclic) bond motifs is 1. The van der Waals surface area contributed by atoms with Gasteiger partial charge in [0.15, 0.2) is 6.04 Å². The largest absolute Gasteiger partial charge is 0.480 e. The maximum atomic E-state index is 11.5. The van der Waals surface area contributed by atoms with Gasteiger partial charge in [-0.3, -0.25) is 4.79 Å². The Labute approximate surface area is 178 Å². The first-order valence-electron chi connectivity index (χ1n) is 11.0. The van der Waals surface area contributed by atoms with Crippen LogP contribution in [0.5, 0.6) is 0 Å². The molecule has 3 rings (SSSR count). The van der Waals surface area contributed by atoms with Gasteiger partial charge in [-0.15, -0.1) is 0 Å². The van der Waals surface area contributed by atoms with Crippen molar-refractivity contribution in [3.8, 4) is 0 Å². The van der Waals surface area contributed by atoms with Gasteiger partial charge in [0, 0.05) is 32.3 Å². The van der Waals surface area contributed by atoms with Gasteiger partial charge >= 0.3 is 5.97 Å². The van der Waals surface area contributed by atoms with Crippen molar-refractivity contribution >= 4 is 17.7 Å². The van der Waals surface area contributed by atoms with Crippen LogP contribution in [0.1, 0.15) is 56.7 Å². The summed E-state index contributed by atoms with van der Waals surface area (Å²) in [6, 6.07) is 3.09. The maximum absolute atomic E-state index is 11.5. The predicted octanol–water partition coefficient (Wildman–Crippen LogP) is 1.57. The number of hydrogen-bond donors (Lipinski definition) is 4. The normalized spacial score (nSPS) is 19.4. The summed E-state index contributed by atoms with van der Waals surface area (Å²) in [4.78, 5) is 29.8. The topological polar surface area (TPSA) is 115 Å². The Bertz CT molecular complexity index is 747. The standard InChI is InChI=1S/C22H34N4O4/c1-16(27)24-19(21(28)29)22(30)10-14-26(15-11-22)13-4-2-3-7-18-9-8-17-6-5-12-23-20(17)25-18/h8-9,19,30H,2-7,10-15H2,1H3,(H,23,25)(H,24,27)(H,28,29)/t19-/m1/s1. The molecule has 1 amide bonds. The molecule has 0 spiro atoms. The number of nitrogens with one attached hydrogen (secondary N) is 2. The minimum Gasteiger partial charge on any atom is -0.480 e. The Morgan fingerprint density at radius 1 is 1.27 bits per heavy atom. The number of carbonyl (C=O) groups is 2. The Kier molecular flexibility index (Phi) is 7.66. The molecule has 0 unspecified atom stereocenters. The van der Waals surface area contributed by atoms with Crippen LogP contribution in [-0.4, -0.2) is 69.8 Å². The molecule has 1 fully saturated rings. The number of carbonyl (C=O) groups excluding carboxylic acids is 1. The smallest absolute Gasteiger partial charge is 0.329 e. The third kappa shape index (κ3) is 5.92. The predicted molar refractivity (Wildman–Crippen MR) is 114 cm³/mol. The van der Waals surface area contributed by atoms with Gasteiger partial charge in [0.25, 0.3) is 0 Å². The molecule has 166 valence electrons. The molecular weight excluding hydrogens is 384 g/mol. The van der Waals surface area contributed by atoms with E-state index in [0.717, 1.165) is 56.7 Å². The summed E-state index contributed by atoms with van der Waals surface area (Å²) in [5.74, 6) is -0.576. The van der Waals surface area contributed by atoms with E-state index < -0.39 is 23.5 Å². The fourth-order valence-electron chi connectivity index (χ4n) is 4.41. The van der Waals surface area contributed by atoms with E-state index in [4.69, 9.17) is 4.98 Å². The molecule has 4 N–H and O–H groups in total. The number of aromatic nitrogens is 1. The second-order valence-corrected chi connectivity index (χ2v) is 8.57. The lowest BCUT2D eigenvalue weighted by atomic mass is 9.84. The summed E-state index contributed by atoms with van der Waals surface area (Å²) < 4.78 is 0. The Hall–Kier alpha value is -2.19. The van der Waals surface area contributed by atoms with Crippen LogP contribution in [-0.2, 0) is 22.4 Å². The summed E-state index contributed by atoms with van der Waals surface area (Å²) in [5.41, 5.74) is 1.07. The van der Waals surface area contributed by atoms with Gasteiger partial charge in [-0.1, -0.05) is 12.5 Å². The first-order valence-corrected chi connectivity index (χ1v) is 11.0. The molecule has 1 saturated heterocycles. The van der Waals surface area contributed by atoms with Crippen LogP contribution in [0.4, 0.5) is 5.82 Å². The van der Waals surface area contributed by atoms with Crippen LogP contribution in [0.3, 0.4) is 0 Å². The fourth-order valence-corrected chi connectivity index (χ4v) is 4.41. The molecule has 8 heteroatoms. The average Bonchev–Trinajstić information content (AvgIpc) is 2.73. The van der Waals surface area contributed by atoms with E-state index in [2.05, 4.69) is 27.7 Å². The molecule has 2 aliphatic heterocycles. The molecule has 8 nitrogen and oxygen atoms in total. The highest BCUT2D eigenvalue weighted by Gasteiger charge is 2.44. The van der Waals surface area contributed by atoms with Gasteiger partial charge in [0.1, 0.15) is 5.82 Å². The van der Waals surface area contributed by atoms with Gasteiger partial charge in [-0.2, -0.15) is 0 Å². The van der Waals surface area contributed by atoms with Crippen molar-refractivity contribution in [1.82, 2.24) is 15.2 Å². The van der Waals surface area contributed by atoms with Crippen molar-refractivity contribution in [1.29, 1.82) is 0 Å². The minimum absolute atomic E-state index is 0.344. The number of likely N-dealkylation sites (tertiary alicyclic amines) is 1. The van der Waals surface area contributed by atoms with Gasteiger partial charge in [0.05, 0.1) is 5.60 Å². The summed E-state index contributed by atoms with van der Waals surface area (Å²) in [6.45, 7) is 4.49. The third-order valence-electron chi connectivity index (χ3n) is 6.21. The molecule has 0 bridgehead atoms. The number of pyridine rings is 1. The number of aryl methyl sites for hydroxylation is 2. The number of unbranched alkanes of at least 4 members (excludes halogenated alkanes) is 2. The number of carboxylic acids is 1. The van der Waals surface area contributed by atoms with E-state index in [1.807, 2.05) is 0 Å². The van der Waals surface area contributed by atoms with Crippen LogP contribution >= 0.6 is 0 Å². The van der Waals surface area contributed by atoms with Crippen LogP contribution in [0.2, 0.25) is 0 Å². The van der Waals surface area contributed by atoms with Gasteiger partial charge in [0.2, 0.25) is 5.91 Å². The number of carboxylic acid groups (broad SMARTS) is 1. The maximum Gasteiger partial charge on any atom is 0.329 e. The lowest BCUT2D eigenvalue weighted by Gasteiger charge is -2.41. The highest BCUT2D eigenvalue weighted by Crippen LogP contribution is 2.26. The first kappa shape index (κ1) is 22.5. The third-order valence-corrected chi connectivity index (χ3v) is 6.21. The number of aliphatic carboxylic acids is 1. The Morgan fingerprint density at radius 2 is 2.03 bits per heavy atom. The van der Waals surface area contributed by atoms with Gasteiger partial charge < -0.3 is 25.7 Å². The van der Waals surface area contributed by atoms with E-state index in [1.54, 1.807) is 0 Å². The van der Waals surface area contributed by atoms with E-state index in [9.17, 15) is 19.8 Å². The number of nitrogens with zero attached hydrogens (tertiary/aromatic N) is 2. The molecular formula is C22H34N4O4. The molecule has 3 heterocycles. The number of amides is 1. The van der Waals surface area contributed by atoms with Crippen LogP contribution < -0.4 is 10.6 Å². The quantitative estimate of drug-likeness (QED) is 0.450. The fraction of sp³-hybridized carbons (Fsp3) is 0.682. The lowest BCUT2D eigenvalue weighted by Crippen LogP contribution is -2.60. The van der Waals surface area contributed by atoms with Crippen LogP contribution in [0.25, 0.3) is 0 Å². The zero-order chi connectivity index (χ0) is 21.6. The van der Waals surface area contributed by atoms with Crippen molar-refractivity contribution < 1.29 is 19.8 Å². The molecule has 0 saturated carbocycles. The van der Waals surface area contributed by atoms with Gasteiger partial charge in [-0.25, -0.2) is 9.78 Å². The summed E-state index contributed by atoms with van der Waals surface area (Å²) in [5, 5.41) is 25.9. The summed E-state index contributed by atoms with van der Waals surface area (Å²) in [6.07, 6.45) is 7.21. The summed E-state index contributed by atoms with van der Waals surface area (Å²) in [7, 11) is 0. The molecule has 0 radical (unpaired) electrons. The average molecular weight is 419 g/mol. The van der Waals surface area contributed by atoms with E-state index in [0.29, 0.717) is 25.9 Å². The molecule has 1 atom stereocenters. The zero-order valence-electron chi connectivity index (χ0n) is 17.8. The van der Waals surface area contributed by atoms with Crippen LogP contribution in [0, 0.1) is 0 Å². The monoisotopic (exact) mass is 418 g/mol. The van der Waals surface area contributed by atoms with Crippen molar-refractivity contribution in [2.45, 2.75) is 69.9 Å². The number of hydrogen-bond acceptors (Lipinski definition) is 6. The van der Waals surface area contributed by atoms with E-state index in [1.165, 1.54) is 18.9 Å². The number of piperidine rings is 1. The van der Waals surface area contributed by atoms with E-state index in [-0.39, 0.29) is 0 Å². The highest BCUT2D eigenvalue weighted by atomic mass is 16.4. The van der Waals surface area contributed by atoms with Crippen molar-refractivity contribution in [2.75, 3.05) is 31.5 Å². The van der Waals surface area contributed by atoms with Crippen LogP contribution in [0.15, 0.2) is 12.1 Å². The summed E-state index contributed by atoms with van der Waals surface area (Å²) >= 11 is 0. The second-order valence-electron chi connectivity index (χ2n) is 8.57.